The van der Waals surface area contributed by atoms with Gasteiger partial charge in [0, 0.05) is 17.0 Å². The second-order valence-corrected chi connectivity index (χ2v) is 10.9. The first kappa shape index (κ1) is 25.7. The van der Waals surface area contributed by atoms with E-state index in [0.717, 1.165) is 45.3 Å². The second kappa shape index (κ2) is 10.8. The van der Waals surface area contributed by atoms with E-state index in [1.807, 2.05) is 24.3 Å². The number of hydrogen-bond donors (Lipinski definition) is 1. The van der Waals surface area contributed by atoms with Gasteiger partial charge in [0.1, 0.15) is 18.2 Å². The molecule has 1 aromatic rings. The summed E-state index contributed by atoms with van der Waals surface area (Å²) in [4.78, 5) is 46.6. The van der Waals surface area contributed by atoms with Gasteiger partial charge in [-0.05, 0) is 80.9 Å². The molecule has 4 fully saturated rings. The Morgan fingerprint density at radius 2 is 1.89 bits per heavy atom. The number of nitrogens with one attached hydrogen (secondary N) is 1. The lowest BCUT2D eigenvalue weighted by molar-refractivity contribution is -0.142. The third kappa shape index (κ3) is 4.98. The van der Waals surface area contributed by atoms with Crippen LogP contribution < -0.4 is 5.32 Å². The van der Waals surface area contributed by atoms with E-state index in [9.17, 15) is 14.4 Å². The zero-order chi connectivity index (χ0) is 26.0. The first-order chi connectivity index (χ1) is 18.0. The molecular weight excluding hydrogens is 472 g/mol. The Balaban J connectivity index is 1.28. The summed E-state index contributed by atoms with van der Waals surface area (Å²) in [6, 6.07) is 6.42. The fourth-order valence-electron chi connectivity index (χ4n) is 6.66. The normalized spacial score (nSPS) is 27.6. The molecule has 2 amide bonds. The van der Waals surface area contributed by atoms with Gasteiger partial charge in [0.2, 0.25) is 5.91 Å². The Morgan fingerprint density at radius 1 is 1.19 bits per heavy atom. The molecule has 4 aliphatic rings. The Hall–Kier alpha value is -2.94. The molecule has 198 valence electrons. The quantitative estimate of drug-likeness (QED) is 0.344. The van der Waals surface area contributed by atoms with Crippen molar-refractivity contribution in [3.63, 3.8) is 0 Å². The van der Waals surface area contributed by atoms with Crippen LogP contribution in [0.2, 0.25) is 0 Å². The predicted molar refractivity (Wildman–Crippen MR) is 137 cm³/mol. The standard InChI is InChI=1S/C27H36N6O4/c1-2-13-32-14-9-19(10-15-32)18-5-7-20(8-6-18)25(35)29-27(11-3-4-12-27)26(36)33-16-21(30-31-28)24-23(33)22(34)17-37-24/h5-8,19,21,23-24H,2-4,9-17H2,1H3,(H,29,35)/t21-,23+,24+/m0/s1. The summed E-state index contributed by atoms with van der Waals surface area (Å²) < 4.78 is 5.56. The maximum Gasteiger partial charge on any atom is 0.252 e. The molecule has 3 aliphatic heterocycles. The van der Waals surface area contributed by atoms with Gasteiger partial charge >= 0.3 is 0 Å². The number of azide groups is 1. The lowest BCUT2D eigenvalue weighted by Crippen LogP contribution is -2.60. The molecule has 3 atom stereocenters. The van der Waals surface area contributed by atoms with Gasteiger partial charge in [-0.3, -0.25) is 14.4 Å². The SMILES string of the molecule is CCCN1CCC(c2ccc(C(=O)NC3(C(=O)N4C[C@H](N=[N+]=[N-])[C@H]5OCC(=O)[C@H]54)CCCC3)cc2)CC1. The average Bonchev–Trinajstić information content (AvgIpc) is 3.63. The molecule has 0 unspecified atom stereocenters. The molecule has 1 saturated carbocycles. The number of benzene rings is 1. The monoisotopic (exact) mass is 508 g/mol. The van der Waals surface area contributed by atoms with E-state index in [0.29, 0.717) is 24.3 Å². The second-order valence-electron chi connectivity index (χ2n) is 10.9. The summed E-state index contributed by atoms with van der Waals surface area (Å²) in [6.07, 6.45) is 5.46. The molecule has 0 aromatic heterocycles. The van der Waals surface area contributed by atoms with E-state index in [2.05, 4.69) is 27.2 Å². The third-order valence-corrected chi connectivity index (χ3v) is 8.61. The number of ketones is 1. The molecule has 5 rings (SSSR count). The van der Waals surface area contributed by atoms with Crippen molar-refractivity contribution in [2.75, 3.05) is 32.8 Å². The summed E-state index contributed by atoms with van der Waals surface area (Å²) in [6.45, 7) is 5.60. The first-order valence-corrected chi connectivity index (χ1v) is 13.6. The predicted octanol–water partition coefficient (Wildman–Crippen LogP) is 3.18. The van der Waals surface area contributed by atoms with Crippen LogP contribution in [0.3, 0.4) is 0 Å². The molecule has 3 heterocycles. The number of amides is 2. The van der Waals surface area contributed by atoms with Crippen molar-refractivity contribution in [1.82, 2.24) is 15.1 Å². The maximum atomic E-state index is 13.9. The Kier molecular flexibility index (Phi) is 7.51. The topological polar surface area (TPSA) is 128 Å². The number of ether oxygens (including phenoxy) is 1. The fourth-order valence-corrected chi connectivity index (χ4v) is 6.66. The van der Waals surface area contributed by atoms with Crippen LogP contribution in [-0.2, 0) is 14.3 Å². The lowest BCUT2D eigenvalue weighted by atomic mass is 9.88. The Bertz CT molecular complexity index is 1070. The molecule has 0 radical (unpaired) electrons. The number of Topliss-reactive ketones (excluding diaryl/α,β-unsaturated/α-hetero) is 1. The molecule has 1 aromatic carbocycles. The summed E-state index contributed by atoms with van der Waals surface area (Å²) in [5.41, 5.74) is 9.65. The minimum Gasteiger partial charge on any atom is -0.367 e. The van der Waals surface area contributed by atoms with E-state index in [1.165, 1.54) is 16.9 Å². The van der Waals surface area contributed by atoms with Gasteiger partial charge in [-0.2, -0.15) is 0 Å². The molecule has 1 aliphatic carbocycles. The van der Waals surface area contributed by atoms with E-state index < -0.39 is 23.7 Å². The number of likely N-dealkylation sites (tertiary alicyclic amines) is 2. The number of rotatable bonds is 7. The van der Waals surface area contributed by atoms with Gasteiger partial charge in [0.15, 0.2) is 5.78 Å². The highest BCUT2D eigenvalue weighted by molar-refractivity contribution is 6.01. The van der Waals surface area contributed by atoms with Crippen molar-refractivity contribution < 1.29 is 19.1 Å². The van der Waals surface area contributed by atoms with Crippen LogP contribution >= 0.6 is 0 Å². The van der Waals surface area contributed by atoms with Crippen LogP contribution in [0.15, 0.2) is 29.4 Å². The molecule has 10 nitrogen and oxygen atoms in total. The van der Waals surface area contributed by atoms with Crippen LogP contribution in [-0.4, -0.2) is 83.9 Å². The van der Waals surface area contributed by atoms with Crippen LogP contribution in [0.1, 0.15) is 73.7 Å². The largest absolute Gasteiger partial charge is 0.367 e. The van der Waals surface area contributed by atoms with E-state index in [4.69, 9.17) is 10.3 Å². The molecule has 10 heteroatoms. The number of carbonyl (C=O) groups is 3. The summed E-state index contributed by atoms with van der Waals surface area (Å²) in [7, 11) is 0. The van der Waals surface area contributed by atoms with Crippen molar-refractivity contribution in [3.8, 4) is 0 Å². The molecule has 37 heavy (non-hydrogen) atoms. The Morgan fingerprint density at radius 3 is 2.54 bits per heavy atom. The zero-order valence-corrected chi connectivity index (χ0v) is 21.5. The van der Waals surface area contributed by atoms with E-state index in [1.54, 1.807) is 0 Å². The zero-order valence-electron chi connectivity index (χ0n) is 21.5. The highest BCUT2D eigenvalue weighted by atomic mass is 16.5. The number of piperidine rings is 1. The molecular formula is C27H36N6O4. The smallest absolute Gasteiger partial charge is 0.252 e. The molecule has 0 spiro atoms. The van der Waals surface area contributed by atoms with Crippen LogP contribution in [0.5, 0.6) is 0 Å². The fraction of sp³-hybridized carbons (Fsp3) is 0.667. The minimum atomic E-state index is -1.07. The van der Waals surface area contributed by atoms with Crippen LogP contribution in [0.25, 0.3) is 10.4 Å². The van der Waals surface area contributed by atoms with E-state index in [-0.39, 0.29) is 30.7 Å². The Labute approximate surface area is 217 Å². The number of fused-ring (bicyclic) bond motifs is 1. The van der Waals surface area contributed by atoms with Gasteiger partial charge in [0.25, 0.3) is 5.91 Å². The highest BCUT2D eigenvalue weighted by Gasteiger charge is 2.56. The maximum absolute atomic E-state index is 13.9. The van der Waals surface area contributed by atoms with Gasteiger partial charge in [0.05, 0.1) is 12.1 Å². The van der Waals surface area contributed by atoms with E-state index >= 15 is 0 Å². The van der Waals surface area contributed by atoms with Gasteiger partial charge < -0.3 is 19.9 Å². The van der Waals surface area contributed by atoms with Gasteiger partial charge in [-0.1, -0.05) is 37.0 Å². The first-order valence-electron chi connectivity index (χ1n) is 13.6. The number of carbonyl (C=O) groups excluding carboxylic acids is 3. The summed E-state index contributed by atoms with van der Waals surface area (Å²) in [5, 5.41) is 6.82. The third-order valence-electron chi connectivity index (χ3n) is 8.61. The van der Waals surface area contributed by atoms with Crippen LogP contribution in [0.4, 0.5) is 0 Å². The minimum absolute atomic E-state index is 0.0973. The molecule has 1 N–H and O–H groups in total. The average molecular weight is 509 g/mol. The van der Waals surface area contributed by atoms with Gasteiger partial charge in [-0.25, -0.2) is 0 Å². The van der Waals surface area contributed by atoms with Crippen molar-refractivity contribution in [1.29, 1.82) is 0 Å². The van der Waals surface area contributed by atoms with Crippen molar-refractivity contribution >= 4 is 17.6 Å². The van der Waals surface area contributed by atoms with Gasteiger partial charge in [-0.15, -0.1) is 0 Å². The number of hydrogen-bond acceptors (Lipinski definition) is 6. The van der Waals surface area contributed by atoms with Crippen molar-refractivity contribution in [2.24, 2.45) is 5.11 Å². The van der Waals surface area contributed by atoms with Crippen molar-refractivity contribution in [2.45, 2.75) is 81.5 Å². The van der Waals surface area contributed by atoms with Crippen molar-refractivity contribution in [3.05, 3.63) is 45.8 Å². The summed E-state index contributed by atoms with van der Waals surface area (Å²) >= 11 is 0. The molecule has 0 bridgehead atoms. The highest BCUT2D eigenvalue weighted by Crippen LogP contribution is 2.37. The number of nitrogens with zero attached hydrogens (tertiary/aromatic N) is 5. The lowest BCUT2D eigenvalue weighted by Gasteiger charge is -2.35. The van der Waals surface area contributed by atoms with Crippen LogP contribution in [0, 0.1) is 0 Å². The summed E-state index contributed by atoms with van der Waals surface area (Å²) in [5.74, 6) is -0.245. The molecule has 3 saturated heterocycles.